The van der Waals surface area contributed by atoms with Gasteiger partial charge in [0, 0.05) is 0 Å². The second-order valence-electron chi connectivity index (χ2n) is 29.6. The number of likely N-dealkylation sites (N-methyl/N-ethyl adjacent to an activating group) is 5. The zero-order valence-electron chi connectivity index (χ0n) is 65.1. The van der Waals surface area contributed by atoms with E-state index in [0.29, 0.717) is 55.3 Å². The van der Waals surface area contributed by atoms with Crippen LogP contribution in [0.3, 0.4) is 0 Å². The molecule has 0 radical (unpaired) electrons. The number of carbonyl (C=O) groups is 5. The zero-order chi connectivity index (χ0) is 73.1. The lowest BCUT2D eigenvalue weighted by Gasteiger charge is -2.55. The van der Waals surface area contributed by atoms with Crippen molar-refractivity contribution in [2.24, 2.45) is 23.2 Å². The lowest BCUT2D eigenvalue weighted by molar-refractivity contribution is -0.927. The third-order valence-electron chi connectivity index (χ3n) is 21.5. The van der Waals surface area contributed by atoms with Gasteiger partial charge in [-0.2, -0.15) is 0 Å². The van der Waals surface area contributed by atoms with Crippen LogP contribution >= 0.6 is 0 Å². The molecule has 4 aliphatic rings. The normalized spacial score (nSPS) is 17.9. The van der Waals surface area contributed by atoms with Crippen LogP contribution in [0.2, 0.25) is 0 Å². The van der Waals surface area contributed by atoms with Crippen molar-refractivity contribution in [3.8, 4) is 0 Å². The molecular weight excluding hydrogens is 1240 g/mol. The fraction of sp³-hybridized carbons (Fsp3) is 0.655. The average molecular weight is 1380 g/mol. The number of hydrogen-bond acceptors (Lipinski definition) is 10. The Morgan fingerprint density at radius 1 is 0.313 bits per heavy atom. The molecule has 15 nitrogen and oxygen atoms in total. The number of quaternary nitrogens is 5. The van der Waals surface area contributed by atoms with Gasteiger partial charge in [0.25, 0.3) is 0 Å². The molecule has 4 fully saturated rings. The number of nitrogens with zero attached hydrogens (tertiary/aromatic N) is 5. The minimum absolute atomic E-state index is 0.0925. The number of rotatable bonds is 40. The van der Waals surface area contributed by atoms with Crippen molar-refractivity contribution in [2.45, 2.75) is 173 Å². The molecule has 556 valence electrons. The van der Waals surface area contributed by atoms with Crippen molar-refractivity contribution < 1.29 is 70.1 Å². The van der Waals surface area contributed by atoms with E-state index in [0.717, 1.165) is 145 Å². The summed E-state index contributed by atoms with van der Waals surface area (Å²) >= 11 is 0. The zero-order valence-corrected chi connectivity index (χ0v) is 65.1. The second-order valence-corrected chi connectivity index (χ2v) is 29.6. The van der Waals surface area contributed by atoms with E-state index in [1.54, 1.807) is 48.5 Å². The number of benzene rings is 4. The predicted octanol–water partition coefficient (Wildman–Crippen LogP) is 16.5. The molecule has 4 aromatic carbocycles. The number of carbonyl (C=O) groups excluding carboxylic acids is 5. The van der Waals surface area contributed by atoms with Gasteiger partial charge >= 0.3 is 29.8 Å². The van der Waals surface area contributed by atoms with Crippen molar-refractivity contribution in [3.05, 3.63) is 144 Å². The van der Waals surface area contributed by atoms with Gasteiger partial charge in [-0.05, 0) is 185 Å². The number of unbranched alkanes of at least 4 members (excludes halogenated alkanes) is 2. The predicted molar refractivity (Wildman–Crippen MR) is 405 cm³/mol. The van der Waals surface area contributed by atoms with Crippen LogP contribution in [0.15, 0.2) is 121 Å². The van der Waals surface area contributed by atoms with E-state index in [2.05, 4.69) is 104 Å². The monoisotopic (exact) mass is 1380 g/mol. The summed E-state index contributed by atoms with van der Waals surface area (Å²) in [5.41, 5.74) is 2.41. The highest BCUT2D eigenvalue weighted by molar-refractivity contribution is 5.90. The van der Waals surface area contributed by atoms with Crippen molar-refractivity contribution in [3.63, 3.8) is 0 Å². The number of hydrogen-bond donors (Lipinski definition) is 0. The Bertz CT molecular complexity index is 2760. The molecule has 99 heavy (non-hydrogen) atoms. The Hall–Kier alpha value is -5.97. The lowest BCUT2D eigenvalue weighted by Crippen LogP contribution is -2.53. The maximum atomic E-state index is 13.0. The Labute approximate surface area is 602 Å². The molecular formula is C84H140N5O10+5. The minimum Gasteiger partial charge on any atom is -0.459 e. The molecule has 15 heteroatoms. The number of esters is 5. The average Bonchev–Trinajstić information content (AvgIpc) is 0.769. The molecule has 4 bridgehead atoms. The SMILES string of the molecule is CCCC[N+](CC)(CCC)CCOC(=O)C12CC3CC(CC(C3)C1)C2.CCCC[N+](CC)(CCC)CCOC(=O)c1ccccc1.CCC[N+](CC)(CCC)CCOC(=O)c1ccccc1.CC[N+](CC)(CC)CCOC(=O)c1ccccc1.C[N+](C)(C)CCOC(=O)c1ccccc1. The van der Waals surface area contributed by atoms with Crippen molar-refractivity contribution in [1.82, 2.24) is 0 Å². The fourth-order valence-corrected chi connectivity index (χ4v) is 15.3. The van der Waals surface area contributed by atoms with Gasteiger partial charge < -0.3 is 46.1 Å². The topological polar surface area (TPSA) is 132 Å². The molecule has 0 amide bonds. The lowest BCUT2D eigenvalue weighted by atomic mass is 9.49. The molecule has 0 heterocycles. The molecule has 0 aromatic heterocycles. The van der Waals surface area contributed by atoms with Gasteiger partial charge in [-0.1, -0.05) is 127 Å². The standard InChI is InChI=1S/C22H40NO2.C18H30NO2.C17H28NO2.C15H24NO2.C12H18NO2/c1-4-7-9-23(6-3,8-5-2)10-11-25-21(24)22-15-18-12-19(16-22)14-20(13-18)17-22;1-4-7-14-19(6-3,13-5-2)15-16-21-18(20)17-11-9-8-10-12-17;1-4-12-18(6-3,13-5-2)14-15-20-17(19)16-10-8-7-9-11-16;1-4-16(5-2,6-3)12-13-18-15(17)14-10-8-7-9-11-14;1-13(2,3)9-10-15-12(14)11-7-5-4-6-8-11/h18-20H,4-17H2,1-3H3;8-12H,4-7,13-16H2,1-3H3;7-11H,4-6,12-15H2,1-3H3;7-11H,4-6,12-13H2,1-3H3;4-8H,9-10H2,1-3H3/q5*+1. The number of ether oxygens (including phenoxy) is 5. The van der Waals surface area contributed by atoms with Crippen LogP contribution in [0.5, 0.6) is 0 Å². The third-order valence-corrected chi connectivity index (χ3v) is 21.5. The van der Waals surface area contributed by atoms with Gasteiger partial charge in [0.2, 0.25) is 0 Å². The van der Waals surface area contributed by atoms with Crippen molar-refractivity contribution >= 4 is 29.8 Å². The fourth-order valence-electron chi connectivity index (χ4n) is 15.3. The van der Waals surface area contributed by atoms with E-state index in [-0.39, 0.29) is 35.3 Å². The van der Waals surface area contributed by atoms with Crippen LogP contribution in [0.4, 0.5) is 0 Å². The van der Waals surface area contributed by atoms with E-state index in [1.807, 2.05) is 72.8 Å². The molecule has 4 saturated carbocycles. The van der Waals surface area contributed by atoms with Crippen LogP contribution in [0.25, 0.3) is 0 Å². The molecule has 0 aliphatic heterocycles. The van der Waals surface area contributed by atoms with Crippen LogP contribution in [-0.2, 0) is 28.5 Å². The first-order chi connectivity index (χ1) is 47.5. The first-order valence-electron chi connectivity index (χ1n) is 38.8. The Morgan fingerprint density at radius 2 is 0.556 bits per heavy atom. The van der Waals surface area contributed by atoms with Gasteiger partial charge in [-0.15, -0.1) is 0 Å². The Balaban J connectivity index is 0.000000325. The van der Waals surface area contributed by atoms with Crippen molar-refractivity contribution in [1.29, 1.82) is 0 Å². The van der Waals surface area contributed by atoms with Gasteiger partial charge in [-0.25, -0.2) is 19.2 Å². The highest BCUT2D eigenvalue weighted by Crippen LogP contribution is 2.60. The molecule has 2 unspecified atom stereocenters. The summed E-state index contributed by atoms with van der Waals surface area (Å²) in [6.07, 6.45) is 17.2. The van der Waals surface area contributed by atoms with Crippen LogP contribution < -0.4 is 0 Å². The first kappa shape index (κ1) is 87.2. The minimum atomic E-state index is -0.246. The summed E-state index contributed by atoms with van der Waals surface area (Å²) < 4.78 is 32.4. The molecule has 4 aromatic rings. The van der Waals surface area contributed by atoms with E-state index < -0.39 is 0 Å². The Morgan fingerprint density at radius 3 is 0.798 bits per heavy atom. The van der Waals surface area contributed by atoms with Gasteiger partial charge in [0.05, 0.1) is 127 Å². The summed E-state index contributed by atoms with van der Waals surface area (Å²) in [7, 11) is 6.20. The summed E-state index contributed by atoms with van der Waals surface area (Å²) in [4.78, 5) is 60.1. The van der Waals surface area contributed by atoms with E-state index in [9.17, 15) is 24.0 Å². The van der Waals surface area contributed by atoms with Gasteiger partial charge in [0.15, 0.2) is 0 Å². The quantitative estimate of drug-likeness (QED) is 0.0241. The van der Waals surface area contributed by atoms with Gasteiger partial charge in [-0.3, -0.25) is 4.79 Å². The molecule has 0 spiro atoms. The highest BCUT2D eigenvalue weighted by Gasteiger charge is 2.55. The summed E-state index contributed by atoms with van der Waals surface area (Å²) in [6, 6.07) is 36.6. The highest BCUT2D eigenvalue weighted by atomic mass is 16.5. The van der Waals surface area contributed by atoms with Crippen LogP contribution in [0, 0.1) is 23.2 Å². The second kappa shape index (κ2) is 47.3. The molecule has 4 aliphatic carbocycles. The summed E-state index contributed by atoms with van der Waals surface area (Å²) in [5.74, 6) is 1.70. The largest absolute Gasteiger partial charge is 0.459 e. The maximum absolute atomic E-state index is 13.0. The molecule has 0 N–H and O–H groups in total. The smallest absolute Gasteiger partial charge is 0.338 e. The molecule has 2 atom stereocenters. The Kier molecular flexibility index (Phi) is 41.6. The summed E-state index contributed by atoms with van der Waals surface area (Å²) in [5, 5.41) is 0. The summed E-state index contributed by atoms with van der Waals surface area (Å²) in [6.45, 7) is 47.6. The molecule has 0 saturated heterocycles. The third kappa shape index (κ3) is 31.4. The van der Waals surface area contributed by atoms with Crippen molar-refractivity contribution in [2.75, 3.05) is 165 Å². The molecule has 8 rings (SSSR count). The van der Waals surface area contributed by atoms with Crippen LogP contribution in [0.1, 0.15) is 214 Å². The maximum Gasteiger partial charge on any atom is 0.338 e. The van der Waals surface area contributed by atoms with Crippen LogP contribution in [-0.4, -0.2) is 218 Å². The van der Waals surface area contributed by atoms with E-state index in [1.165, 1.54) is 96.8 Å². The van der Waals surface area contributed by atoms with E-state index >= 15 is 0 Å². The van der Waals surface area contributed by atoms with Gasteiger partial charge in [0.1, 0.15) is 65.8 Å². The van der Waals surface area contributed by atoms with E-state index in [4.69, 9.17) is 23.7 Å². The first-order valence-corrected chi connectivity index (χ1v) is 38.8.